The van der Waals surface area contributed by atoms with Crippen molar-refractivity contribution < 1.29 is 0 Å². The molecule has 148 valence electrons. The van der Waals surface area contributed by atoms with Gasteiger partial charge in [0.25, 0.3) is 0 Å². The maximum Gasteiger partial charge on any atom is 0.124 e. The summed E-state index contributed by atoms with van der Waals surface area (Å²) in [5.74, 6) is 0. The molecule has 0 aliphatic rings. The van der Waals surface area contributed by atoms with Crippen molar-refractivity contribution in [3.63, 3.8) is 0 Å². The van der Waals surface area contributed by atoms with Gasteiger partial charge in [0.15, 0.2) is 0 Å². The van der Waals surface area contributed by atoms with E-state index in [4.69, 9.17) is 0 Å². The van der Waals surface area contributed by atoms with Gasteiger partial charge in [0.2, 0.25) is 0 Å². The van der Waals surface area contributed by atoms with Gasteiger partial charge in [-0.3, -0.25) is 4.90 Å². The summed E-state index contributed by atoms with van der Waals surface area (Å²) in [4.78, 5) is 3.55. The van der Waals surface area contributed by atoms with Gasteiger partial charge < -0.3 is 0 Å². The van der Waals surface area contributed by atoms with E-state index in [0.29, 0.717) is 0 Å². The van der Waals surface area contributed by atoms with E-state index in [0.717, 1.165) is 25.1 Å². The zero-order valence-electron chi connectivity index (χ0n) is 17.2. The second-order valence-electron chi connectivity index (χ2n) is 4.85. The van der Waals surface area contributed by atoms with E-state index in [2.05, 4.69) is 38.3 Å². The Bertz CT molecular complexity index is 515. The number of benzene rings is 1. The summed E-state index contributed by atoms with van der Waals surface area (Å²) in [6.45, 7) is 19.9. The Kier molecular flexibility index (Phi) is 22.3. The van der Waals surface area contributed by atoms with Gasteiger partial charge in [-0.05, 0) is 41.3 Å². The average molecular weight is 377 g/mol. The Morgan fingerprint density at radius 3 is 2.12 bits per heavy atom. The topological polar surface area (TPSA) is 27.0 Å². The summed E-state index contributed by atoms with van der Waals surface area (Å²) >= 11 is 1.69. The van der Waals surface area contributed by atoms with E-state index >= 15 is 0 Å². The molecule has 1 aromatic rings. The molecule has 26 heavy (non-hydrogen) atoms. The summed E-state index contributed by atoms with van der Waals surface area (Å²) in [6.07, 6.45) is 1.00. The number of rotatable bonds is 8. The minimum Gasteiger partial charge on any atom is -0.281 e. The number of nitrogens with zero attached hydrogens (tertiary/aromatic N) is 2. The summed E-state index contributed by atoms with van der Waals surface area (Å²) in [7, 11) is 0. The normalized spacial score (nSPS) is 11.3. The number of hydrogen-bond donors (Lipinski definition) is 0. The number of nitriles is 1. The summed E-state index contributed by atoms with van der Waals surface area (Å²) in [6, 6.07) is 12.2. The first-order valence-electron chi connectivity index (χ1n) is 9.32. The van der Waals surface area contributed by atoms with Crippen LogP contribution in [0.4, 0.5) is 0 Å². The quantitative estimate of drug-likeness (QED) is 0.462. The van der Waals surface area contributed by atoms with Crippen LogP contribution in [0, 0.1) is 11.3 Å². The molecule has 0 saturated carbocycles. The van der Waals surface area contributed by atoms with Crippen molar-refractivity contribution in [2.45, 2.75) is 68.4 Å². The van der Waals surface area contributed by atoms with E-state index in [1.54, 1.807) is 11.8 Å². The molecule has 0 aliphatic carbocycles. The first-order chi connectivity index (χ1) is 12.2. The van der Waals surface area contributed by atoms with Crippen LogP contribution in [0.25, 0.3) is 0 Å². The van der Waals surface area contributed by atoms with Crippen LogP contribution in [-0.4, -0.2) is 18.0 Å². The lowest BCUT2D eigenvalue weighted by molar-refractivity contribution is 0.270. The van der Waals surface area contributed by atoms with Gasteiger partial charge in [-0.1, -0.05) is 85.9 Å². The molecule has 0 aromatic heterocycles. The molecule has 1 rings (SSSR count). The molecule has 0 fully saturated rings. The fourth-order valence-corrected chi connectivity index (χ4v) is 3.00. The smallest absolute Gasteiger partial charge is 0.124 e. The van der Waals surface area contributed by atoms with Crippen LogP contribution in [0.5, 0.6) is 0 Å². The zero-order valence-corrected chi connectivity index (χ0v) is 18.0. The average Bonchev–Trinajstić information content (AvgIpc) is 2.69. The third-order valence-electron chi connectivity index (χ3n) is 3.47. The van der Waals surface area contributed by atoms with E-state index < -0.39 is 0 Å². The standard InChI is InChI=1S/C18H24N2S.2C2H6.CH4/c1-5-18(21-7-3)15(4)14-20(6-2)17(13-19)16-11-9-8-10-12-16;2*1-2;/h7-12,17H,3,5-6,14H2,1-2,4H3;2*1-2H3;1H4/b18-15+;;;/t17-;;;/m0.../s1. The van der Waals surface area contributed by atoms with E-state index in [1.165, 1.54) is 10.5 Å². The maximum absolute atomic E-state index is 9.56. The molecule has 0 aliphatic heterocycles. The molecule has 0 heterocycles. The minimum atomic E-state index is -0.196. The molecule has 0 N–H and O–H groups in total. The molecule has 0 amide bonds. The van der Waals surface area contributed by atoms with Gasteiger partial charge in [0.1, 0.15) is 6.04 Å². The van der Waals surface area contributed by atoms with Gasteiger partial charge in [-0.25, -0.2) is 0 Å². The summed E-state index contributed by atoms with van der Waals surface area (Å²) < 4.78 is 0. The number of likely N-dealkylation sites (N-methyl/N-ethyl adjacent to an activating group) is 1. The lowest BCUT2D eigenvalue weighted by Gasteiger charge is -2.27. The third kappa shape index (κ3) is 10.5. The van der Waals surface area contributed by atoms with Crippen molar-refractivity contribution in [3.05, 3.63) is 58.4 Å². The van der Waals surface area contributed by atoms with Crippen molar-refractivity contribution >= 4 is 11.8 Å². The van der Waals surface area contributed by atoms with Gasteiger partial charge in [-0.15, -0.1) is 11.8 Å². The third-order valence-corrected chi connectivity index (χ3v) is 4.56. The van der Waals surface area contributed by atoms with Crippen LogP contribution in [0.1, 0.15) is 73.9 Å². The Hall–Kier alpha value is -1.50. The molecule has 0 unspecified atom stereocenters. The van der Waals surface area contributed by atoms with Crippen molar-refractivity contribution in [2.24, 2.45) is 0 Å². The molecule has 0 radical (unpaired) electrons. The Balaban J connectivity index is -0.000000985. The largest absolute Gasteiger partial charge is 0.281 e. The number of thioether (sulfide) groups is 1. The predicted molar refractivity (Wildman–Crippen MR) is 122 cm³/mol. The van der Waals surface area contributed by atoms with Gasteiger partial charge in [-0.2, -0.15) is 5.26 Å². The molecule has 1 aromatic carbocycles. The second-order valence-corrected chi connectivity index (χ2v) is 5.91. The van der Waals surface area contributed by atoms with Crippen molar-refractivity contribution in [3.8, 4) is 6.07 Å². The number of allylic oxidation sites excluding steroid dienone is 1. The Labute approximate surface area is 168 Å². The highest BCUT2D eigenvalue weighted by atomic mass is 32.2. The van der Waals surface area contributed by atoms with Gasteiger partial charge >= 0.3 is 0 Å². The molecule has 3 heteroatoms. The lowest BCUT2D eigenvalue weighted by Crippen LogP contribution is -2.29. The summed E-state index contributed by atoms with van der Waals surface area (Å²) in [5.41, 5.74) is 2.38. The fraction of sp³-hybridized carbons (Fsp3) is 0.522. The van der Waals surface area contributed by atoms with Gasteiger partial charge in [0, 0.05) is 6.54 Å². The first-order valence-corrected chi connectivity index (χ1v) is 10.2. The molecule has 0 saturated heterocycles. The lowest BCUT2D eigenvalue weighted by atomic mass is 10.1. The molecule has 0 bridgehead atoms. The van der Waals surface area contributed by atoms with Crippen molar-refractivity contribution in [1.29, 1.82) is 5.26 Å². The predicted octanol–water partition coefficient (Wildman–Crippen LogP) is 7.82. The Morgan fingerprint density at radius 2 is 1.73 bits per heavy atom. The molecular weight excluding hydrogens is 336 g/mol. The SMILES string of the molecule is C.C=CS/C(CC)=C(\C)CN(CC)[C@@H](C#N)c1ccccc1.CC.CC. The van der Waals surface area contributed by atoms with E-state index in [1.807, 2.05) is 63.4 Å². The monoisotopic (exact) mass is 376 g/mol. The molecule has 2 nitrogen and oxygen atoms in total. The van der Waals surface area contributed by atoms with E-state index in [9.17, 15) is 5.26 Å². The summed E-state index contributed by atoms with van der Waals surface area (Å²) in [5, 5.41) is 11.4. The molecular formula is C23H40N2S. The minimum absolute atomic E-state index is 0. The van der Waals surface area contributed by atoms with Crippen LogP contribution in [0.15, 0.2) is 52.8 Å². The van der Waals surface area contributed by atoms with Crippen LogP contribution in [0.3, 0.4) is 0 Å². The van der Waals surface area contributed by atoms with E-state index in [-0.39, 0.29) is 13.5 Å². The van der Waals surface area contributed by atoms with Crippen molar-refractivity contribution in [1.82, 2.24) is 4.90 Å². The highest BCUT2D eigenvalue weighted by Crippen LogP contribution is 2.27. The van der Waals surface area contributed by atoms with Crippen LogP contribution < -0.4 is 0 Å². The first kappa shape index (κ1) is 29.3. The van der Waals surface area contributed by atoms with Crippen LogP contribution in [0.2, 0.25) is 0 Å². The zero-order chi connectivity index (χ0) is 19.7. The number of hydrogen-bond acceptors (Lipinski definition) is 3. The fourth-order valence-electron chi connectivity index (χ4n) is 2.37. The van der Waals surface area contributed by atoms with Crippen LogP contribution in [-0.2, 0) is 0 Å². The van der Waals surface area contributed by atoms with Crippen LogP contribution >= 0.6 is 11.8 Å². The highest BCUT2D eigenvalue weighted by Gasteiger charge is 2.19. The van der Waals surface area contributed by atoms with Crippen molar-refractivity contribution in [2.75, 3.05) is 13.1 Å². The molecule has 0 spiro atoms. The second kappa shape index (κ2) is 19.8. The molecule has 1 atom stereocenters. The van der Waals surface area contributed by atoms with Gasteiger partial charge in [0.05, 0.1) is 6.07 Å². The maximum atomic E-state index is 9.56. The highest BCUT2D eigenvalue weighted by molar-refractivity contribution is 8.05. The Morgan fingerprint density at radius 1 is 1.19 bits per heavy atom.